The zero-order valence-electron chi connectivity index (χ0n) is 10.8. The molecule has 0 heterocycles. The first-order valence-electron chi connectivity index (χ1n) is 5.95. The molecule has 0 atom stereocenters. The van der Waals surface area contributed by atoms with Crippen molar-refractivity contribution in [2.45, 2.75) is 27.2 Å². The van der Waals surface area contributed by atoms with Crippen molar-refractivity contribution in [3.05, 3.63) is 33.8 Å². The molecule has 0 aliphatic carbocycles. The molecule has 0 aromatic heterocycles. The number of Topliss-reactive ketones (excluding diaryl/α,β-unsaturated/α-hetero) is 1. The van der Waals surface area contributed by atoms with E-state index in [4.69, 9.17) is 0 Å². The molecular weight excluding hydrogens is 296 g/mol. The van der Waals surface area contributed by atoms with Crippen molar-refractivity contribution in [2.75, 3.05) is 6.61 Å². The molecular formula is C14H17BrO3. The number of halogens is 1. The van der Waals surface area contributed by atoms with Crippen LogP contribution in [0.15, 0.2) is 22.7 Å². The van der Waals surface area contributed by atoms with Crippen LogP contribution >= 0.6 is 15.9 Å². The van der Waals surface area contributed by atoms with Crippen molar-refractivity contribution in [1.29, 1.82) is 0 Å². The summed E-state index contributed by atoms with van der Waals surface area (Å²) in [4.78, 5) is 23.1. The Balaban J connectivity index is 2.90. The van der Waals surface area contributed by atoms with E-state index in [-0.39, 0.29) is 6.61 Å². The van der Waals surface area contributed by atoms with Crippen molar-refractivity contribution >= 4 is 27.7 Å². The average molecular weight is 313 g/mol. The number of esters is 1. The van der Waals surface area contributed by atoms with Crippen LogP contribution in [-0.4, -0.2) is 18.4 Å². The van der Waals surface area contributed by atoms with Crippen LogP contribution in [0.1, 0.15) is 36.7 Å². The fraction of sp³-hybridized carbons (Fsp3) is 0.429. The minimum Gasteiger partial charge on any atom is -0.460 e. The molecule has 0 spiro atoms. The SMILES string of the molecule is CCOC(=O)C(=O)c1ccc(CC(C)C)c(Br)c1. The third-order valence-electron chi connectivity index (χ3n) is 2.40. The molecule has 0 N–H and O–H groups in total. The van der Waals surface area contributed by atoms with Gasteiger partial charge in [-0.1, -0.05) is 41.9 Å². The lowest BCUT2D eigenvalue weighted by Crippen LogP contribution is -2.17. The molecule has 3 nitrogen and oxygen atoms in total. The lowest BCUT2D eigenvalue weighted by molar-refractivity contribution is -0.137. The highest BCUT2D eigenvalue weighted by atomic mass is 79.9. The van der Waals surface area contributed by atoms with Gasteiger partial charge in [0.2, 0.25) is 0 Å². The van der Waals surface area contributed by atoms with Crippen molar-refractivity contribution < 1.29 is 14.3 Å². The topological polar surface area (TPSA) is 43.4 Å². The van der Waals surface area contributed by atoms with E-state index in [1.807, 2.05) is 6.07 Å². The molecule has 18 heavy (non-hydrogen) atoms. The Hall–Kier alpha value is -1.16. The maximum Gasteiger partial charge on any atom is 0.379 e. The Morgan fingerprint density at radius 1 is 1.33 bits per heavy atom. The fourth-order valence-electron chi connectivity index (χ4n) is 1.61. The van der Waals surface area contributed by atoms with Crippen molar-refractivity contribution in [1.82, 2.24) is 0 Å². The summed E-state index contributed by atoms with van der Waals surface area (Å²) in [6.07, 6.45) is 0.925. The van der Waals surface area contributed by atoms with Gasteiger partial charge in [0, 0.05) is 10.0 Å². The van der Waals surface area contributed by atoms with E-state index in [9.17, 15) is 9.59 Å². The molecule has 0 aliphatic heterocycles. The first-order valence-corrected chi connectivity index (χ1v) is 6.74. The zero-order chi connectivity index (χ0) is 13.7. The molecule has 1 rings (SSSR count). The van der Waals surface area contributed by atoms with Gasteiger partial charge in [0.25, 0.3) is 5.78 Å². The number of benzene rings is 1. The molecule has 0 fully saturated rings. The van der Waals surface area contributed by atoms with Crippen LogP contribution in [0, 0.1) is 5.92 Å². The summed E-state index contributed by atoms with van der Waals surface area (Å²) in [7, 11) is 0. The number of rotatable bonds is 5. The number of ether oxygens (including phenoxy) is 1. The maximum atomic E-state index is 11.7. The van der Waals surface area contributed by atoms with E-state index in [1.165, 1.54) is 0 Å². The van der Waals surface area contributed by atoms with Crippen LogP contribution in [0.2, 0.25) is 0 Å². The van der Waals surface area contributed by atoms with Gasteiger partial charge in [-0.25, -0.2) is 4.79 Å². The van der Waals surface area contributed by atoms with Gasteiger partial charge < -0.3 is 4.74 Å². The summed E-state index contributed by atoms with van der Waals surface area (Å²) in [6.45, 7) is 6.14. The molecule has 0 amide bonds. The summed E-state index contributed by atoms with van der Waals surface area (Å²) >= 11 is 3.43. The lowest BCUT2D eigenvalue weighted by Gasteiger charge is -2.09. The summed E-state index contributed by atoms with van der Waals surface area (Å²) in [5.74, 6) is -0.873. The lowest BCUT2D eigenvalue weighted by atomic mass is 10.0. The highest BCUT2D eigenvalue weighted by Gasteiger charge is 2.18. The number of carbonyl (C=O) groups excluding carboxylic acids is 2. The Bertz CT molecular complexity index is 452. The molecule has 4 heteroatoms. The molecule has 0 radical (unpaired) electrons. The standard InChI is InChI=1S/C14H17BrO3/c1-4-18-14(17)13(16)11-6-5-10(7-9(2)3)12(15)8-11/h5-6,8-9H,4,7H2,1-3H3. The van der Waals surface area contributed by atoms with Crippen LogP contribution in [0.5, 0.6) is 0 Å². The second-order valence-electron chi connectivity index (χ2n) is 4.45. The normalized spacial score (nSPS) is 10.5. The minimum absolute atomic E-state index is 0.206. The first-order chi connectivity index (χ1) is 8.45. The van der Waals surface area contributed by atoms with Crippen LogP contribution in [-0.2, 0) is 16.0 Å². The Morgan fingerprint density at radius 3 is 2.50 bits per heavy atom. The monoisotopic (exact) mass is 312 g/mol. The van der Waals surface area contributed by atoms with Crippen molar-refractivity contribution in [3.63, 3.8) is 0 Å². The third-order valence-corrected chi connectivity index (χ3v) is 3.14. The molecule has 1 aromatic rings. The van der Waals surface area contributed by atoms with Crippen LogP contribution in [0.4, 0.5) is 0 Å². The predicted octanol–water partition coefficient (Wildman–Crippen LogP) is 3.39. The van der Waals surface area contributed by atoms with Gasteiger partial charge in [-0.05, 0) is 30.9 Å². The zero-order valence-corrected chi connectivity index (χ0v) is 12.4. The third kappa shape index (κ3) is 3.95. The average Bonchev–Trinajstić information content (AvgIpc) is 2.30. The molecule has 0 saturated heterocycles. The van der Waals surface area contributed by atoms with Gasteiger partial charge in [0.1, 0.15) is 0 Å². The summed E-state index contributed by atoms with van der Waals surface area (Å²) in [5, 5.41) is 0. The molecule has 0 aliphatic rings. The van der Waals surface area contributed by atoms with E-state index in [0.717, 1.165) is 16.5 Å². The van der Waals surface area contributed by atoms with E-state index < -0.39 is 11.8 Å². The largest absolute Gasteiger partial charge is 0.460 e. The van der Waals surface area contributed by atoms with Gasteiger partial charge in [-0.3, -0.25) is 4.79 Å². The van der Waals surface area contributed by atoms with E-state index >= 15 is 0 Å². The molecule has 0 saturated carbocycles. The predicted molar refractivity (Wildman–Crippen MR) is 73.6 cm³/mol. The van der Waals surface area contributed by atoms with E-state index in [2.05, 4.69) is 34.5 Å². The second kappa shape index (κ2) is 6.69. The molecule has 1 aromatic carbocycles. The van der Waals surface area contributed by atoms with Gasteiger partial charge in [0.05, 0.1) is 6.61 Å². The number of hydrogen-bond acceptors (Lipinski definition) is 3. The second-order valence-corrected chi connectivity index (χ2v) is 5.31. The van der Waals surface area contributed by atoms with E-state index in [0.29, 0.717) is 11.5 Å². The highest BCUT2D eigenvalue weighted by molar-refractivity contribution is 9.10. The minimum atomic E-state index is -0.805. The maximum absolute atomic E-state index is 11.7. The van der Waals surface area contributed by atoms with Crippen molar-refractivity contribution in [3.8, 4) is 0 Å². The summed E-state index contributed by atoms with van der Waals surface area (Å²) < 4.78 is 5.54. The first kappa shape index (κ1) is 14.9. The van der Waals surface area contributed by atoms with Crippen molar-refractivity contribution in [2.24, 2.45) is 5.92 Å². The Labute approximate surface area is 116 Å². The van der Waals surface area contributed by atoms with Crippen LogP contribution in [0.3, 0.4) is 0 Å². The Kier molecular flexibility index (Phi) is 5.54. The van der Waals surface area contributed by atoms with Crippen LogP contribution in [0.25, 0.3) is 0 Å². The summed E-state index contributed by atoms with van der Waals surface area (Å²) in [5.41, 5.74) is 1.48. The quantitative estimate of drug-likeness (QED) is 0.475. The van der Waals surface area contributed by atoms with Gasteiger partial charge in [0.15, 0.2) is 0 Å². The number of ketones is 1. The van der Waals surface area contributed by atoms with Crippen LogP contribution < -0.4 is 0 Å². The van der Waals surface area contributed by atoms with E-state index in [1.54, 1.807) is 19.1 Å². The Morgan fingerprint density at radius 2 is 2.00 bits per heavy atom. The summed E-state index contributed by atoms with van der Waals surface area (Å²) in [6, 6.07) is 5.22. The fourth-order valence-corrected chi connectivity index (χ4v) is 2.15. The smallest absolute Gasteiger partial charge is 0.379 e. The highest BCUT2D eigenvalue weighted by Crippen LogP contribution is 2.22. The van der Waals surface area contributed by atoms with Gasteiger partial charge in [-0.15, -0.1) is 0 Å². The molecule has 0 unspecified atom stereocenters. The van der Waals surface area contributed by atoms with Gasteiger partial charge >= 0.3 is 5.97 Å². The molecule has 0 bridgehead atoms. The van der Waals surface area contributed by atoms with Gasteiger partial charge in [-0.2, -0.15) is 0 Å². The number of hydrogen-bond donors (Lipinski definition) is 0. The number of carbonyl (C=O) groups is 2. The molecule has 98 valence electrons.